The zero-order valence-corrected chi connectivity index (χ0v) is 21.8. The summed E-state index contributed by atoms with van der Waals surface area (Å²) in [6.07, 6.45) is 12.2. The Morgan fingerprint density at radius 1 is 1.12 bits per heavy atom. The van der Waals surface area contributed by atoms with E-state index in [1.54, 1.807) is 0 Å². The number of halogens is 1. The van der Waals surface area contributed by atoms with Gasteiger partial charge < -0.3 is 10.1 Å². The van der Waals surface area contributed by atoms with Crippen molar-refractivity contribution in [1.82, 2.24) is 5.32 Å². The fraction of sp³-hybridized carbons (Fsp3) is 0.815. The summed E-state index contributed by atoms with van der Waals surface area (Å²) in [4.78, 5) is 29.3. The monoisotopic (exact) mass is 492 g/mol. The van der Waals surface area contributed by atoms with Crippen LogP contribution >= 0.6 is 12.4 Å². The maximum Gasteiger partial charge on any atom is 0.535 e. The molecule has 0 spiro atoms. The van der Waals surface area contributed by atoms with Crippen LogP contribution in [-0.4, -0.2) is 36.8 Å². The number of nitrogens with zero attached hydrogens (tertiary/aromatic N) is 1. The largest absolute Gasteiger partial charge is 0.535 e. The van der Waals surface area contributed by atoms with Gasteiger partial charge in [0.2, 0.25) is 0 Å². The number of carbonyl (C=O) groups excluding carboxylic acids is 2. The highest BCUT2D eigenvalue weighted by atomic mass is 35.5. The van der Waals surface area contributed by atoms with Crippen molar-refractivity contribution in [3.63, 3.8) is 0 Å². The summed E-state index contributed by atoms with van der Waals surface area (Å²) < 4.78 is 5.25. The van der Waals surface area contributed by atoms with Crippen LogP contribution in [0.15, 0.2) is 16.8 Å². The van der Waals surface area contributed by atoms with E-state index in [4.69, 9.17) is 9.57 Å². The molecule has 1 aliphatic heterocycles. The van der Waals surface area contributed by atoms with Gasteiger partial charge >= 0.3 is 6.16 Å². The van der Waals surface area contributed by atoms with E-state index in [2.05, 4.69) is 24.3 Å². The second-order valence-electron chi connectivity index (χ2n) is 11.8. The third-order valence-electron chi connectivity index (χ3n) is 10.3. The van der Waals surface area contributed by atoms with Crippen molar-refractivity contribution in [1.29, 1.82) is 0 Å². The third-order valence-corrected chi connectivity index (χ3v) is 10.3. The molecule has 0 radical (unpaired) electrons. The molecule has 3 saturated carbocycles. The second kappa shape index (κ2) is 9.93. The number of nitrogens with one attached hydrogen (secondary N) is 1. The van der Waals surface area contributed by atoms with Gasteiger partial charge in [0.15, 0.2) is 5.78 Å². The molecule has 1 N–H and O–H groups in total. The first-order valence-corrected chi connectivity index (χ1v) is 13.2. The fourth-order valence-electron chi connectivity index (χ4n) is 8.51. The molecule has 0 bridgehead atoms. The molecule has 34 heavy (non-hydrogen) atoms. The molecular formula is C27H41ClN2O4. The van der Waals surface area contributed by atoms with E-state index in [0.29, 0.717) is 36.6 Å². The molecule has 1 heterocycles. The minimum atomic E-state index is -0.696. The van der Waals surface area contributed by atoms with Crippen LogP contribution in [0.25, 0.3) is 0 Å². The predicted octanol–water partition coefficient (Wildman–Crippen LogP) is 5.84. The molecule has 0 aromatic heterocycles. The van der Waals surface area contributed by atoms with Crippen LogP contribution in [0, 0.1) is 34.5 Å². The number of ether oxygens (including phenoxy) is 1. The lowest BCUT2D eigenvalue weighted by atomic mass is 9.46. The van der Waals surface area contributed by atoms with Crippen molar-refractivity contribution in [2.75, 3.05) is 13.2 Å². The third kappa shape index (κ3) is 4.45. The smallest absolute Gasteiger partial charge is 0.431 e. The summed E-state index contributed by atoms with van der Waals surface area (Å²) in [6, 6.07) is 0.238. The summed E-state index contributed by atoms with van der Waals surface area (Å²) >= 11 is 0. The highest BCUT2D eigenvalue weighted by Gasteiger charge is 2.59. The van der Waals surface area contributed by atoms with E-state index in [1.165, 1.54) is 31.3 Å². The van der Waals surface area contributed by atoms with Crippen LogP contribution in [0.5, 0.6) is 0 Å². The molecular weight excluding hydrogens is 452 g/mol. The molecule has 1 saturated heterocycles. The molecule has 0 aromatic carbocycles. The molecule has 5 aliphatic rings. The Labute approximate surface area is 210 Å². The van der Waals surface area contributed by atoms with Crippen LogP contribution in [0.2, 0.25) is 0 Å². The first-order valence-electron chi connectivity index (χ1n) is 13.2. The van der Waals surface area contributed by atoms with Gasteiger partial charge in [-0.3, -0.25) is 9.63 Å². The lowest BCUT2D eigenvalue weighted by Crippen LogP contribution is -2.51. The number of carbonyl (C=O) groups is 2. The Kier molecular flexibility index (Phi) is 7.50. The minimum Gasteiger partial charge on any atom is -0.431 e. The molecule has 7 atom stereocenters. The van der Waals surface area contributed by atoms with Crippen LogP contribution in [-0.2, 0) is 14.4 Å². The lowest BCUT2D eigenvalue weighted by molar-refractivity contribution is -0.117. The summed E-state index contributed by atoms with van der Waals surface area (Å²) in [5.74, 6) is 2.78. The SMILES string of the molecule is C/C(=N\OC(=O)OC[C@@H]1CCCN1)[C@H]1CC[C@H]2[C@@H]3CCC4=CC(=O)CC[C@]4(C)[C@H]3CC[C@]12C.Cl. The zero-order valence-electron chi connectivity index (χ0n) is 20.9. The summed E-state index contributed by atoms with van der Waals surface area (Å²) in [7, 11) is 0. The first-order chi connectivity index (χ1) is 15.8. The van der Waals surface area contributed by atoms with Crippen LogP contribution in [0.4, 0.5) is 4.79 Å². The second-order valence-corrected chi connectivity index (χ2v) is 11.8. The molecule has 4 aliphatic carbocycles. The highest BCUT2D eigenvalue weighted by molar-refractivity contribution is 5.91. The van der Waals surface area contributed by atoms with Gasteiger partial charge in [-0.05, 0) is 106 Å². The van der Waals surface area contributed by atoms with Crippen molar-refractivity contribution in [3.8, 4) is 0 Å². The molecule has 0 unspecified atom stereocenters. The predicted molar refractivity (Wildman–Crippen MR) is 134 cm³/mol. The number of fused-ring (bicyclic) bond motifs is 5. The van der Waals surface area contributed by atoms with E-state index in [9.17, 15) is 9.59 Å². The number of hydrogen-bond donors (Lipinski definition) is 1. The highest BCUT2D eigenvalue weighted by Crippen LogP contribution is 2.66. The number of hydrogen-bond acceptors (Lipinski definition) is 6. The van der Waals surface area contributed by atoms with Crippen molar-refractivity contribution >= 4 is 30.1 Å². The van der Waals surface area contributed by atoms with E-state index in [-0.39, 0.29) is 29.3 Å². The maximum absolute atomic E-state index is 12.1. The van der Waals surface area contributed by atoms with Gasteiger partial charge in [-0.2, -0.15) is 0 Å². The van der Waals surface area contributed by atoms with Gasteiger partial charge in [-0.25, -0.2) is 4.79 Å². The minimum absolute atomic E-state index is 0. The summed E-state index contributed by atoms with van der Waals surface area (Å²) in [5, 5.41) is 7.57. The Morgan fingerprint density at radius 2 is 1.94 bits per heavy atom. The topological polar surface area (TPSA) is 77.0 Å². The lowest BCUT2D eigenvalue weighted by Gasteiger charge is -2.58. The molecule has 190 valence electrons. The molecule has 6 nitrogen and oxygen atoms in total. The maximum atomic E-state index is 12.1. The Balaban J connectivity index is 0.00000274. The van der Waals surface area contributed by atoms with Gasteiger partial charge in [0, 0.05) is 18.4 Å². The van der Waals surface area contributed by atoms with Crippen LogP contribution in [0.3, 0.4) is 0 Å². The molecule has 0 amide bonds. The fourth-order valence-corrected chi connectivity index (χ4v) is 8.51. The van der Waals surface area contributed by atoms with Gasteiger partial charge in [0.1, 0.15) is 6.61 Å². The average Bonchev–Trinajstić information content (AvgIpc) is 3.44. The van der Waals surface area contributed by atoms with Crippen molar-refractivity contribution < 1.29 is 19.2 Å². The quantitative estimate of drug-likeness (QED) is 0.231. The van der Waals surface area contributed by atoms with Gasteiger partial charge in [-0.15, -0.1) is 12.4 Å². The number of rotatable bonds is 4. The number of ketones is 1. The van der Waals surface area contributed by atoms with Gasteiger partial charge in [-0.1, -0.05) is 24.6 Å². The average molecular weight is 493 g/mol. The van der Waals surface area contributed by atoms with Crippen LogP contribution in [0.1, 0.15) is 85.0 Å². The summed E-state index contributed by atoms with van der Waals surface area (Å²) in [5.41, 5.74) is 2.77. The Morgan fingerprint density at radius 3 is 2.71 bits per heavy atom. The number of allylic oxidation sites excluding steroid dienone is 1. The molecule has 7 heteroatoms. The first kappa shape index (κ1) is 25.7. The standard InChI is InChI=1S/C27H40N2O4.ClH/c1-17(29-33-25(31)32-16-19-5-4-14-28-19)22-8-9-23-21-7-6-18-15-20(30)10-12-26(18,2)24(21)11-13-27(22,23)3;/h15,19,21-24,28H,4-14,16H2,1-3H3;1H/b29-17+;/t19-,21-,22+,23-,24-,26-,27+;/m0./s1. The molecule has 4 fully saturated rings. The molecule has 0 aromatic rings. The normalized spacial score (nSPS) is 41.5. The van der Waals surface area contributed by atoms with Crippen molar-refractivity contribution in [2.24, 2.45) is 39.7 Å². The zero-order chi connectivity index (χ0) is 23.2. The van der Waals surface area contributed by atoms with Crippen LogP contribution < -0.4 is 5.32 Å². The van der Waals surface area contributed by atoms with Gasteiger partial charge in [0.25, 0.3) is 0 Å². The Hall–Kier alpha value is -1.40. The summed E-state index contributed by atoms with van der Waals surface area (Å²) in [6.45, 7) is 8.24. The van der Waals surface area contributed by atoms with E-state index < -0.39 is 6.16 Å². The van der Waals surface area contributed by atoms with Gasteiger partial charge in [0.05, 0.1) is 5.71 Å². The van der Waals surface area contributed by atoms with E-state index in [0.717, 1.165) is 50.3 Å². The van der Waals surface area contributed by atoms with Crippen molar-refractivity contribution in [3.05, 3.63) is 11.6 Å². The van der Waals surface area contributed by atoms with E-state index in [1.807, 2.05) is 13.0 Å². The Bertz CT molecular complexity index is 867. The number of oxime groups is 1. The van der Waals surface area contributed by atoms with E-state index >= 15 is 0 Å². The molecule has 5 rings (SSSR count). The van der Waals surface area contributed by atoms with Crippen molar-refractivity contribution in [2.45, 2.75) is 91.0 Å².